The minimum Gasteiger partial charge on any atom is -0.312 e. The Morgan fingerprint density at radius 1 is 1.24 bits per heavy atom. The number of piperazine rings is 1. The topological polar surface area (TPSA) is 18.5 Å². The fraction of sp³-hybridized carbons (Fsp3) is 1.00. The first kappa shape index (κ1) is 14.9. The third-order valence-corrected chi connectivity index (χ3v) is 3.83. The highest BCUT2D eigenvalue weighted by Gasteiger charge is 2.36. The average Bonchev–Trinajstić information content (AvgIpc) is 2.21. The second-order valence-electron chi connectivity index (χ2n) is 6.61. The molecule has 2 unspecified atom stereocenters. The molecule has 0 saturated carbocycles. The molecule has 3 nitrogen and oxygen atoms in total. The molecule has 1 N–H and O–H groups in total. The Kier molecular flexibility index (Phi) is 5.42. The minimum atomic E-state index is 0.312. The van der Waals surface area contributed by atoms with Crippen molar-refractivity contribution in [1.29, 1.82) is 0 Å². The molecule has 1 fully saturated rings. The molecular formula is C14H31N3. The minimum absolute atomic E-state index is 0.312. The van der Waals surface area contributed by atoms with Gasteiger partial charge in [0.25, 0.3) is 0 Å². The Bertz CT molecular complexity index is 222. The number of hydrogen-bond donors (Lipinski definition) is 1. The number of hydrogen-bond acceptors (Lipinski definition) is 3. The van der Waals surface area contributed by atoms with E-state index in [0.29, 0.717) is 17.5 Å². The Hall–Kier alpha value is -0.120. The van der Waals surface area contributed by atoms with Crippen LogP contribution in [-0.2, 0) is 0 Å². The lowest BCUT2D eigenvalue weighted by atomic mass is 9.81. The summed E-state index contributed by atoms with van der Waals surface area (Å²) in [6, 6.07) is 1.19. The number of nitrogens with zero attached hydrogens (tertiary/aromatic N) is 2. The Morgan fingerprint density at radius 2 is 1.88 bits per heavy atom. The summed E-state index contributed by atoms with van der Waals surface area (Å²) in [7, 11) is 4.50. The van der Waals surface area contributed by atoms with Crippen molar-refractivity contribution in [3.05, 3.63) is 0 Å². The molecule has 17 heavy (non-hydrogen) atoms. The smallest absolute Gasteiger partial charge is 0.0379 e. The van der Waals surface area contributed by atoms with Gasteiger partial charge >= 0.3 is 0 Å². The van der Waals surface area contributed by atoms with Crippen molar-refractivity contribution < 1.29 is 0 Å². The van der Waals surface area contributed by atoms with Crippen molar-refractivity contribution in [2.45, 2.75) is 46.2 Å². The van der Waals surface area contributed by atoms with Gasteiger partial charge in [-0.1, -0.05) is 27.7 Å². The molecule has 0 amide bonds. The number of likely N-dealkylation sites (N-methyl/N-ethyl adjacent to an activating group) is 2. The summed E-state index contributed by atoms with van der Waals surface area (Å²) in [4.78, 5) is 4.98. The molecule has 0 aromatic carbocycles. The standard InChI is InChI=1S/C14H31N3/c1-7-8-15-13(14(2,3)4)12-11-16(5)9-10-17(12)6/h12-13,15H,7-11H2,1-6H3. The quantitative estimate of drug-likeness (QED) is 0.807. The van der Waals surface area contributed by atoms with Crippen molar-refractivity contribution in [2.24, 2.45) is 5.41 Å². The molecule has 2 atom stereocenters. The van der Waals surface area contributed by atoms with Crippen LogP contribution in [0.15, 0.2) is 0 Å². The Morgan fingerprint density at radius 3 is 2.41 bits per heavy atom. The summed E-state index contributed by atoms with van der Waals surface area (Å²) in [6.45, 7) is 14.0. The summed E-state index contributed by atoms with van der Waals surface area (Å²) in [5.41, 5.74) is 0.312. The van der Waals surface area contributed by atoms with Crippen LogP contribution in [0.5, 0.6) is 0 Å². The normalized spacial score (nSPS) is 26.1. The molecule has 0 bridgehead atoms. The zero-order valence-corrected chi connectivity index (χ0v) is 12.6. The fourth-order valence-corrected chi connectivity index (χ4v) is 2.72. The first-order valence-electron chi connectivity index (χ1n) is 6.98. The lowest BCUT2D eigenvalue weighted by Gasteiger charge is -2.46. The summed E-state index contributed by atoms with van der Waals surface area (Å²) < 4.78 is 0. The van der Waals surface area contributed by atoms with Gasteiger partial charge in [-0.05, 0) is 32.5 Å². The monoisotopic (exact) mass is 241 g/mol. The number of rotatable bonds is 4. The van der Waals surface area contributed by atoms with E-state index in [2.05, 4.69) is 56.9 Å². The molecule has 0 aromatic rings. The summed E-state index contributed by atoms with van der Waals surface area (Å²) >= 11 is 0. The third-order valence-electron chi connectivity index (χ3n) is 3.83. The molecule has 3 heteroatoms. The highest BCUT2D eigenvalue weighted by atomic mass is 15.3. The Labute approximate surface area is 108 Å². The van der Waals surface area contributed by atoms with Gasteiger partial charge in [0.15, 0.2) is 0 Å². The summed E-state index contributed by atoms with van der Waals surface area (Å²) in [6.07, 6.45) is 1.21. The van der Waals surface area contributed by atoms with Crippen LogP contribution in [0.25, 0.3) is 0 Å². The van der Waals surface area contributed by atoms with Gasteiger partial charge in [-0.15, -0.1) is 0 Å². The first-order chi connectivity index (χ1) is 7.86. The van der Waals surface area contributed by atoms with Crippen LogP contribution in [0.1, 0.15) is 34.1 Å². The van der Waals surface area contributed by atoms with Crippen LogP contribution >= 0.6 is 0 Å². The van der Waals surface area contributed by atoms with Gasteiger partial charge in [0.2, 0.25) is 0 Å². The van der Waals surface area contributed by atoms with Crippen molar-refractivity contribution in [3.63, 3.8) is 0 Å². The Balaban J connectivity index is 2.73. The van der Waals surface area contributed by atoms with Crippen LogP contribution < -0.4 is 5.32 Å². The lowest BCUT2D eigenvalue weighted by molar-refractivity contribution is 0.0529. The van der Waals surface area contributed by atoms with Crippen LogP contribution in [0, 0.1) is 5.41 Å². The van der Waals surface area contributed by atoms with Gasteiger partial charge in [-0.3, -0.25) is 4.90 Å². The molecule has 0 radical (unpaired) electrons. The van der Waals surface area contributed by atoms with Crippen LogP contribution in [0.2, 0.25) is 0 Å². The molecule has 102 valence electrons. The predicted octanol–water partition coefficient (Wildman–Crippen LogP) is 1.65. The van der Waals surface area contributed by atoms with Crippen molar-refractivity contribution >= 4 is 0 Å². The van der Waals surface area contributed by atoms with E-state index in [4.69, 9.17) is 0 Å². The molecule has 0 aromatic heterocycles. The van der Waals surface area contributed by atoms with Gasteiger partial charge in [0, 0.05) is 31.7 Å². The second kappa shape index (κ2) is 6.17. The van der Waals surface area contributed by atoms with Crippen molar-refractivity contribution in [2.75, 3.05) is 40.3 Å². The molecule has 1 aliphatic rings. The first-order valence-corrected chi connectivity index (χ1v) is 6.98. The molecule has 1 saturated heterocycles. The van der Waals surface area contributed by atoms with E-state index in [1.54, 1.807) is 0 Å². The van der Waals surface area contributed by atoms with Crippen LogP contribution in [0.4, 0.5) is 0 Å². The van der Waals surface area contributed by atoms with Gasteiger partial charge in [-0.2, -0.15) is 0 Å². The maximum absolute atomic E-state index is 3.76. The van der Waals surface area contributed by atoms with Crippen LogP contribution in [0.3, 0.4) is 0 Å². The highest BCUT2D eigenvalue weighted by Crippen LogP contribution is 2.26. The van der Waals surface area contributed by atoms with Gasteiger partial charge in [0.05, 0.1) is 0 Å². The van der Waals surface area contributed by atoms with Gasteiger partial charge < -0.3 is 10.2 Å². The lowest BCUT2D eigenvalue weighted by Crippen LogP contribution is -2.62. The number of nitrogens with one attached hydrogen (secondary N) is 1. The SMILES string of the molecule is CCCNC(C1CN(C)CCN1C)C(C)(C)C. The molecular weight excluding hydrogens is 210 g/mol. The zero-order chi connectivity index (χ0) is 13.1. The van der Waals surface area contributed by atoms with Crippen molar-refractivity contribution in [1.82, 2.24) is 15.1 Å². The van der Waals surface area contributed by atoms with E-state index >= 15 is 0 Å². The maximum Gasteiger partial charge on any atom is 0.0379 e. The summed E-state index contributed by atoms with van der Waals surface area (Å²) in [5, 5.41) is 3.76. The maximum atomic E-state index is 3.76. The summed E-state index contributed by atoms with van der Waals surface area (Å²) in [5.74, 6) is 0. The predicted molar refractivity (Wildman–Crippen MR) is 75.5 cm³/mol. The van der Waals surface area contributed by atoms with E-state index in [-0.39, 0.29) is 0 Å². The van der Waals surface area contributed by atoms with E-state index in [1.807, 2.05) is 0 Å². The molecule has 0 spiro atoms. The van der Waals surface area contributed by atoms with E-state index in [0.717, 1.165) is 6.54 Å². The largest absolute Gasteiger partial charge is 0.312 e. The molecule has 1 rings (SSSR count). The average molecular weight is 241 g/mol. The van der Waals surface area contributed by atoms with Crippen molar-refractivity contribution in [3.8, 4) is 0 Å². The van der Waals surface area contributed by atoms with E-state index in [1.165, 1.54) is 26.1 Å². The van der Waals surface area contributed by atoms with Gasteiger partial charge in [0.1, 0.15) is 0 Å². The van der Waals surface area contributed by atoms with Crippen LogP contribution in [-0.4, -0.2) is 62.2 Å². The second-order valence-corrected chi connectivity index (χ2v) is 6.61. The third kappa shape index (κ3) is 4.23. The van der Waals surface area contributed by atoms with E-state index < -0.39 is 0 Å². The fourth-order valence-electron chi connectivity index (χ4n) is 2.72. The molecule has 0 aliphatic carbocycles. The highest BCUT2D eigenvalue weighted by molar-refractivity contribution is 4.95. The van der Waals surface area contributed by atoms with Gasteiger partial charge in [-0.25, -0.2) is 0 Å². The van der Waals surface area contributed by atoms with E-state index in [9.17, 15) is 0 Å². The zero-order valence-electron chi connectivity index (χ0n) is 12.6. The molecule has 1 aliphatic heterocycles. The molecule has 1 heterocycles.